The summed E-state index contributed by atoms with van der Waals surface area (Å²) in [6.45, 7) is 0. The van der Waals surface area contributed by atoms with E-state index in [1.54, 1.807) is 0 Å². The molecule has 0 saturated carbocycles. The van der Waals surface area contributed by atoms with Crippen LogP contribution in [-0.2, 0) is 0 Å². The fourth-order valence-corrected chi connectivity index (χ4v) is 8.91. The van der Waals surface area contributed by atoms with Gasteiger partial charge in [-0.05, 0) is 52.7 Å². The number of hydrogen-bond donors (Lipinski definition) is 0. The molecule has 5 heteroatoms. The number of thiophene rings is 1. The second-order valence-corrected chi connectivity index (χ2v) is 13.6. The van der Waals surface area contributed by atoms with Crippen LogP contribution in [-0.4, -0.2) is 14.5 Å². The van der Waals surface area contributed by atoms with E-state index in [4.69, 9.17) is 14.4 Å². The molecular weight excluding hydrogens is 619 g/mol. The second kappa shape index (κ2) is 10.1. The van der Waals surface area contributed by atoms with Gasteiger partial charge in [0.1, 0.15) is 11.1 Å². The molecule has 11 aromatic rings. The lowest BCUT2D eigenvalue weighted by Crippen LogP contribution is -1.94. The molecule has 0 radical (unpaired) electrons. The van der Waals surface area contributed by atoms with Crippen LogP contribution in [0.25, 0.3) is 103 Å². The molecule has 4 aromatic heterocycles. The molecule has 4 heterocycles. The summed E-state index contributed by atoms with van der Waals surface area (Å²) in [7, 11) is 0. The van der Waals surface area contributed by atoms with E-state index in [0.717, 1.165) is 55.3 Å². The number of nitrogens with zero attached hydrogens (tertiary/aromatic N) is 3. The average molecular weight is 644 g/mol. The molecule has 0 spiro atoms. The topological polar surface area (TPSA) is 43.9 Å². The zero-order chi connectivity index (χ0) is 32.1. The van der Waals surface area contributed by atoms with Gasteiger partial charge in [0.25, 0.3) is 0 Å². The smallest absolute Gasteiger partial charge is 0.246 e. The molecule has 7 aromatic carbocycles. The van der Waals surface area contributed by atoms with Crippen LogP contribution < -0.4 is 0 Å². The number of rotatable bonds is 3. The maximum absolute atomic E-state index is 6.57. The molecular formula is C44H25N3OS. The normalized spacial score (nSPS) is 12.1. The van der Waals surface area contributed by atoms with Gasteiger partial charge in [-0.1, -0.05) is 109 Å². The van der Waals surface area contributed by atoms with E-state index in [1.165, 1.54) is 42.0 Å². The summed E-state index contributed by atoms with van der Waals surface area (Å²) < 4.78 is 11.6. The summed E-state index contributed by atoms with van der Waals surface area (Å²) in [5, 5.41) is 8.47. The van der Waals surface area contributed by atoms with Crippen LogP contribution in [0.1, 0.15) is 0 Å². The van der Waals surface area contributed by atoms with Crippen LogP contribution in [0.15, 0.2) is 156 Å². The number of furan rings is 1. The van der Waals surface area contributed by atoms with E-state index in [-0.39, 0.29) is 0 Å². The minimum atomic E-state index is 0.542. The maximum Gasteiger partial charge on any atom is 0.246 e. The van der Waals surface area contributed by atoms with Gasteiger partial charge in [0.15, 0.2) is 0 Å². The van der Waals surface area contributed by atoms with Gasteiger partial charge >= 0.3 is 0 Å². The third kappa shape index (κ3) is 3.85. The lowest BCUT2D eigenvalue weighted by molar-refractivity contribution is 0.654. The molecule has 0 saturated heterocycles. The van der Waals surface area contributed by atoms with E-state index < -0.39 is 0 Å². The molecule has 228 valence electrons. The molecule has 0 fully saturated rings. The van der Waals surface area contributed by atoms with E-state index >= 15 is 0 Å². The molecule has 0 aliphatic heterocycles. The van der Waals surface area contributed by atoms with E-state index in [0.29, 0.717) is 5.71 Å². The van der Waals surface area contributed by atoms with Crippen molar-refractivity contribution in [1.29, 1.82) is 0 Å². The first kappa shape index (κ1) is 26.7. The molecule has 11 rings (SSSR count). The van der Waals surface area contributed by atoms with E-state index in [2.05, 4.69) is 144 Å². The van der Waals surface area contributed by atoms with Crippen molar-refractivity contribution in [2.75, 3.05) is 0 Å². The fraction of sp³-hybridized carbons (Fsp3) is 0. The van der Waals surface area contributed by atoms with Crippen molar-refractivity contribution in [3.63, 3.8) is 0 Å². The molecule has 0 bridgehead atoms. The van der Waals surface area contributed by atoms with E-state index in [1.807, 2.05) is 23.6 Å². The number of aromatic nitrogens is 3. The lowest BCUT2D eigenvalue weighted by Gasteiger charge is -2.09. The summed E-state index contributed by atoms with van der Waals surface area (Å²) in [6.07, 6.45) is 1.87. The van der Waals surface area contributed by atoms with Gasteiger partial charge in [0.2, 0.25) is 5.71 Å². The Labute approximate surface area is 284 Å². The quantitative estimate of drug-likeness (QED) is 0.192. The van der Waals surface area contributed by atoms with Crippen molar-refractivity contribution < 1.29 is 4.42 Å². The van der Waals surface area contributed by atoms with Crippen molar-refractivity contribution in [2.45, 2.75) is 0 Å². The highest BCUT2D eigenvalue weighted by Crippen LogP contribution is 2.44. The number of hydrogen-bond acceptors (Lipinski definition) is 4. The predicted molar refractivity (Wildman–Crippen MR) is 205 cm³/mol. The predicted octanol–water partition coefficient (Wildman–Crippen LogP) is 12.3. The van der Waals surface area contributed by atoms with Crippen molar-refractivity contribution in [2.24, 2.45) is 0 Å². The Morgan fingerprint density at radius 1 is 0.571 bits per heavy atom. The monoisotopic (exact) mass is 643 g/mol. The van der Waals surface area contributed by atoms with Crippen LogP contribution in [0.5, 0.6) is 0 Å². The van der Waals surface area contributed by atoms with Crippen molar-refractivity contribution in [1.82, 2.24) is 14.5 Å². The maximum atomic E-state index is 6.57. The first-order valence-electron chi connectivity index (χ1n) is 16.4. The van der Waals surface area contributed by atoms with Crippen molar-refractivity contribution in [3.05, 3.63) is 152 Å². The molecule has 4 nitrogen and oxygen atoms in total. The van der Waals surface area contributed by atoms with Crippen LogP contribution >= 0.6 is 11.3 Å². The average Bonchev–Trinajstić information content (AvgIpc) is 3.84. The summed E-state index contributed by atoms with van der Waals surface area (Å²) >= 11 is 1.88. The van der Waals surface area contributed by atoms with Gasteiger partial charge in [-0.25, -0.2) is 9.97 Å². The largest absolute Gasteiger partial charge is 0.436 e. The third-order valence-electron chi connectivity index (χ3n) is 9.86. The highest BCUT2D eigenvalue weighted by molar-refractivity contribution is 7.26. The lowest BCUT2D eigenvalue weighted by atomic mass is 9.97. The fourth-order valence-electron chi connectivity index (χ4n) is 7.65. The Morgan fingerprint density at radius 2 is 1.33 bits per heavy atom. The van der Waals surface area contributed by atoms with Gasteiger partial charge in [-0.2, -0.15) is 0 Å². The molecule has 0 N–H and O–H groups in total. The Hall–Kier alpha value is -6.30. The van der Waals surface area contributed by atoms with Gasteiger partial charge in [-0.3, -0.25) is 0 Å². The van der Waals surface area contributed by atoms with Crippen molar-refractivity contribution in [3.8, 4) is 28.1 Å². The van der Waals surface area contributed by atoms with Crippen molar-refractivity contribution >= 4 is 86.3 Å². The molecule has 0 amide bonds. The minimum Gasteiger partial charge on any atom is -0.436 e. The van der Waals surface area contributed by atoms with E-state index in [9.17, 15) is 0 Å². The summed E-state index contributed by atoms with van der Waals surface area (Å²) in [6, 6.07) is 51.6. The van der Waals surface area contributed by atoms with Crippen LogP contribution in [0.3, 0.4) is 0 Å². The third-order valence-corrected chi connectivity index (χ3v) is 11.1. The van der Waals surface area contributed by atoms with Gasteiger partial charge < -0.3 is 8.98 Å². The number of para-hydroxylation sites is 1. The van der Waals surface area contributed by atoms with Crippen LogP contribution in [0.4, 0.5) is 0 Å². The zero-order valence-corrected chi connectivity index (χ0v) is 26.9. The Balaban J connectivity index is 1.06. The SMILES string of the molecule is c1ccc(-c2cc3ccccc3c3c2oc2nc(-c4ccc(-n5c6ccccc6c6c7sc8ccccc8c7ccc65)cc4)cnc23)cc1. The summed E-state index contributed by atoms with van der Waals surface area (Å²) in [4.78, 5) is 10.0. The summed E-state index contributed by atoms with van der Waals surface area (Å²) in [5.41, 5.74) is 9.54. The van der Waals surface area contributed by atoms with Gasteiger partial charge in [0.05, 0.1) is 28.3 Å². The Kier molecular flexibility index (Phi) is 5.51. The van der Waals surface area contributed by atoms with Crippen LogP contribution in [0.2, 0.25) is 0 Å². The zero-order valence-electron chi connectivity index (χ0n) is 26.1. The second-order valence-electron chi connectivity index (χ2n) is 12.6. The Bertz CT molecular complexity index is 3100. The van der Waals surface area contributed by atoms with Crippen LogP contribution in [0, 0.1) is 0 Å². The molecule has 49 heavy (non-hydrogen) atoms. The van der Waals surface area contributed by atoms with Gasteiger partial charge in [-0.15, -0.1) is 11.3 Å². The highest BCUT2D eigenvalue weighted by Gasteiger charge is 2.20. The number of fused-ring (bicyclic) bond motifs is 12. The first-order chi connectivity index (χ1) is 24.3. The van der Waals surface area contributed by atoms with Gasteiger partial charge in [0, 0.05) is 47.8 Å². The standard InChI is InChI=1S/C44H25N3OS/c1-2-10-26(11-3-1)34-24-28-12-4-5-13-30(28)40-41-44(48-42(34)40)46-35(25-45-41)27-18-20-29(21-19-27)47-36-16-8-6-15-33(36)39-37(47)23-22-32-31-14-7-9-17-38(31)49-43(32)39/h1-25H. The molecule has 0 aliphatic rings. The molecule has 0 aliphatic carbocycles. The molecule has 0 unspecified atom stereocenters. The highest BCUT2D eigenvalue weighted by atomic mass is 32.1. The first-order valence-corrected chi connectivity index (χ1v) is 17.2. The molecule has 0 atom stereocenters. The minimum absolute atomic E-state index is 0.542. The Morgan fingerprint density at radius 3 is 2.20 bits per heavy atom. The summed E-state index contributed by atoms with van der Waals surface area (Å²) in [5.74, 6) is 0. The number of benzene rings is 7.